The number of urea groups is 1. The van der Waals surface area contributed by atoms with Gasteiger partial charge in [-0.15, -0.1) is 0 Å². The minimum atomic E-state index is -0.816. The summed E-state index contributed by atoms with van der Waals surface area (Å²) in [6.45, 7) is 2.37. The third-order valence-electron chi connectivity index (χ3n) is 2.19. The van der Waals surface area contributed by atoms with Crippen LogP contribution in [0.4, 0.5) is 9.18 Å². The van der Waals surface area contributed by atoms with Gasteiger partial charge < -0.3 is 14.8 Å². The zero-order chi connectivity index (χ0) is 16.5. The minimum Gasteiger partial charge on any atom is -0.482 e. The highest BCUT2D eigenvalue weighted by Gasteiger charge is 2.12. The summed E-state index contributed by atoms with van der Waals surface area (Å²) in [6, 6.07) is 4.44. The third-order valence-corrected chi connectivity index (χ3v) is 2.19. The zero-order valence-corrected chi connectivity index (χ0v) is 12.2. The molecule has 0 spiro atoms. The predicted molar refractivity (Wildman–Crippen MR) is 74.7 cm³/mol. The summed E-state index contributed by atoms with van der Waals surface area (Å²) in [4.78, 5) is 33.9. The summed E-state index contributed by atoms with van der Waals surface area (Å²) < 4.78 is 22.5. The number of imide groups is 1. The first-order valence-electron chi connectivity index (χ1n) is 6.51. The van der Waals surface area contributed by atoms with Gasteiger partial charge in [0.1, 0.15) is 11.6 Å². The molecule has 0 aliphatic carbocycles. The maximum absolute atomic E-state index is 12.9. The van der Waals surface area contributed by atoms with E-state index in [2.05, 4.69) is 10.1 Å². The van der Waals surface area contributed by atoms with E-state index in [1.807, 2.05) is 5.32 Å². The van der Waals surface area contributed by atoms with Gasteiger partial charge in [0.25, 0.3) is 5.91 Å². The van der Waals surface area contributed by atoms with Crippen molar-refractivity contribution < 1.29 is 28.2 Å². The lowest BCUT2D eigenvalue weighted by molar-refractivity contribution is -0.150. The topological polar surface area (TPSA) is 93.7 Å². The van der Waals surface area contributed by atoms with Gasteiger partial charge in [-0.2, -0.15) is 0 Å². The molecule has 3 amide bonds. The molecule has 7 nitrogen and oxygen atoms in total. The van der Waals surface area contributed by atoms with Crippen LogP contribution in [0.1, 0.15) is 13.8 Å². The van der Waals surface area contributed by atoms with Crippen molar-refractivity contribution in [3.63, 3.8) is 0 Å². The lowest BCUT2D eigenvalue weighted by Gasteiger charge is -2.09. The Hall–Kier alpha value is -2.64. The number of rotatable bonds is 6. The number of ether oxygens (including phenoxy) is 2. The lowest BCUT2D eigenvalue weighted by Crippen LogP contribution is -2.44. The fourth-order valence-electron chi connectivity index (χ4n) is 1.35. The standard InChI is InChI=1S/C14H17FN2O5/c1-9(2)16-14(20)17-12(18)7-22-13(19)8-21-11-5-3-4-10(15)6-11/h3-6,9H,7-8H2,1-2H3,(H2,16,17,18,20). The van der Waals surface area contributed by atoms with E-state index in [1.54, 1.807) is 13.8 Å². The highest BCUT2D eigenvalue weighted by molar-refractivity contribution is 5.95. The van der Waals surface area contributed by atoms with Crippen molar-refractivity contribution in [3.05, 3.63) is 30.1 Å². The number of hydrogen-bond donors (Lipinski definition) is 2. The van der Waals surface area contributed by atoms with E-state index < -0.39 is 36.9 Å². The summed E-state index contributed by atoms with van der Waals surface area (Å²) >= 11 is 0. The molecule has 22 heavy (non-hydrogen) atoms. The molecular formula is C14H17FN2O5. The molecule has 0 aliphatic heterocycles. The predicted octanol–water partition coefficient (Wildman–Crippen LogP) is 0.982. The largest absolute Gasteiger partial charge is 0.482 e. The smallest absolute Gasteiger partial charge is 0.344 e. The fourth-order valence-corrected chi connectivity index (χ4v) is 1.35. The molecule has 2 N–H and O–H groups in total. The van der Waals surface area contributed by atoms with Gasteiger partial charge >= 0.3 is 12.0 Å². The Labute approximate surface area is 126 Å². The Balaban J connectivity index is 2.25. The molecule has 0 fully saturated rings. The Kier molecular flexibility index (Phi) is 6.81. The highest BCUT2D eigenvalue weighted by atomic mass is 19.1. The molecule has 0 unspecified atom stereocenters. The van der Waals surface area contributed by atoms with Crippen LogP contribution in [0.2, 0.25) is 0 Å². The van der Waals surface area contributed by atoms with Gasteiger partial charge in [-0.3, -0.25) is 10.1 Å². The number of amides is 3. The maximum atomic E-state index is 12.9. The molecule has 1 aromatic carbocycles. The van der Waals surface area contributed by atoms with E-state index in [-0.39, 0.29) is 11.8 Å². The van der Waals surface area contributed by atoms with Gasteiger partial charge in [0.15, 0.2) is 13.2 Å². The van der Waals surface area contributed by atoms with Crippen molar-refractivity contribution in [2.75, 3.05) is 13.2 Å². The molecule has 0 heterocycles. The number of esters is 1. The maximum Gasteiger partial charge on any atom is 0.344 e. The molecule has 0 saturated carbocycles. The average Bonchev–Trinajstić information content (AvgIpc) is 2.42. The van der Waals surface area contributed by atoms with Crippen LogP contribution >= 0.6 is 0 Å². The second-order valence-corrected chi connectivity index (χ2v) is 4.58. The number of carbonyl (C=O) groups is 3. The second kappa shape index (κ2) is 8.60. The molecule has 0 atom stereocenters. The fraction of sp³-hybridized carbons (Fsp3) is 0.357. The van der Waals surface area contributed by atoms with Gasteiger partial charge in [0, 0.05) is 12.1 Å². The van der Waals surface area contributed by atoms with Crippen molar-refractivity contribution in [1.82, 2.24) is 10.6 Å². The first-order chi connectivity index (χ1) is 10.4. The van der Waals surface area contributed by atoms with E-state index in [9.17, 15) is 18.8 Å². The molecule has 1 rings (SSSR count). The molecule has 8 heteroatoms. The van der Waals surface area contributed by atoms with Crippen LogP contribution in [-0.4, -0.2) is 37.2 Å². The highest BCUT2D eigenvalue weighted by Crippen LogP contribution is 2.11. The molecular weight excluding hydrogens is 295 g/mol. The van der Waals surface area contributed by atoms with Crippen LogP contribution in [0.5, 0.6) is 5.75 Å². The van der Waals surface area contributed by atoms with Gasteiger partial charge in [0.2, 0.25) is 0 Å². The molecule has 1 aromatic rings. The van der Waals surface area contributed by atoms with Crippen LogP contribution < -0.4 is 15.4 Å². The van der Waals surface area contributed by atoms with E-state index >= 15 is 0 Å². The third kappa shape index (κ3) is 7.22. The minimum absolute atomic E-state index is 0.130. The first kappa shape index (κ1) is 17.4. The monoisotopic (exact) mass is 312 g/mol. The molecule has 0 aliphatic rings. The second-order valence-electron chi connectivity index (χ2n) is 4.58. The van der Waals surface area contributed by atoms with Gasteiger partial charge in [0.05, 0.1) is 0 Å². The van der Waals surface area contributed by atoms with E-state index in [0.717, 1.165) is 6.07 Å². The average molecular weight is 312 g/mol. The van der Waals surface area contributed by atoms with Gasteiger partial charge in [-0.05, 0) is 26.0 Å². The van der Waals surface area contributed by atoms with Crippen LogP contribution in [0.15, 0.2) is 24.3 Å². The van der Waals surface area contributed by atoms with Gasteiger partial charge in [-0.25, -0.2) is 14.0 Å². The van der Waals surface area contributed by atoms with Crippen molar-refractivity contribution in [2.24, 2.45) is 0 Å². The van der Waals surface area contributed by atoms with Crippen molar-refractivity contribution in [3.8, 4) is 5.75 Å². The number of nitrogens with one attached hydrogen (secondary N) is 2. The van der Waals surface area contributed by atoms with Crippen LogP contribution in [-0.2, 0) is 14.3 Å². The molecule has 0 saturated heterocycles. The normalized spacial score (nSPS) is 10.0. The SMILES string of the molecule is CC(C)NC(=O)NC(=O)COC(=O)COc1cccc(F)c1. The zero-order valence-electron chi connectivity index (χ0n) is 12.2. The summed E-state index contributed by atoms with van der Waals surface area (Å²) in [5.74, 6) is -1.92. The first-order valence-corrected chi connectivity index (χ1v) is 6.51. The Morgan fingerprint density at radius 2 is 1.95 bits per heavy atom. The number of carbonyl (C=O) groups excluding carboxylic acids is 3. The van der Waals surface area contributed by atoms with Crippen LogP contribution in [0.25, 0.3) is 0 Å². The quantitative estimate of drug-likeness (QED) is 0.764. The molecule has 0 bridgehead atoms. The Bertz CT molecular complexity index is 548. The van der Waals surface area contributed by atoms with E-state index in [0.29, 0.717) is 0 Å². The molecule has 0 aromatic heterocycles. The summed E-state index contributed by atoms with van der Waals surface area (Å²) in [5, 5.41) is 4.43. The van der Waals surface area contributed by atoms with E-state index in [4.69, 9.17) is 4.74 Å². The number of benzene rings is 1. The summed E-state index contributed by atoms with van der Waals surface area (Å²) in [7, 11) is 0. The molecule has 120 valence electrons. The summed E-state index contributed by atoms with van der Waals surface area (Å²) in [6.07, 6.45) is 0. The van der Waals surface area contributed by atoms with Crippen molar-refractivity contribution in [2.45, 2.75) is 19.9 Å². The Morgan fingerprint density at radius 1 is 1.23 bits per heavy atom. The van der Waals surface area contributed by atoms with E-state index in [1.165, 1.54) is 18.2 Å². The number of halogens is 1. The van der Waals surface area contributed by atoms with Gasteiger partial charge in [-0.1, -0.05) is 6.07 Å². The van der Waals surface area contributed by atoms with Crippen LogP contribution in [0, 0.1) is 5.82 Å². The summed E-state index contributed by atoms with van der Waals surface area (Å²) in [5.41, 5.74) is 0. The number of hydrogen-bond acceptors (Lipinski definition) is 5. The van der Waals surface area contributed by atoms with Crippen LogP contribution in [0.3, 0.4) is 0 Å². The lowest BCUT2D eigenvalue weighted by atomic mass is 10.3. The molecule has 0 radical (unpaired) electrons. The Morgan fingerprint density at radius 3 is 2.59 bits per heavy atom. The van der Waals surface area contributed by atoms with Crippen molar-refractivity contribution >= 4 is 17.9 Å². The van der Waals surface area contributed by atoms with Crippen molar-refractivity contribution in [1.29, 1.82) is 0 Å².